The van der Waals surface area contributed by atoms with Crippen molar-refractivity contribution in [1.29, 1.82) is 0 Å². The van der Waals surface area contributed by atoms with Crippen LogP contribution in [-0.2, 0) is 0 Å². The first-order valence-corrected chi connectivity index (χ1v) is 7.29. The first-order chi connectivity index (χ1) is 11.7. The van der Waals surface area contributed by atoms with Crippen molar-refractivity contribution in [2.75, 3.05) is 5.32 Å². The number of nitrogens with one attached hydrogen (secondary N) is 1. The van der Waals surface area contributed by atoms with Gasteiger partial charge in [-0.1, -0.05) is 11.6 Å². The van der Waals surface area contributed by atoms with Crippen LogP contribution in [0.2, 0.25) is 5.15 Å². The van der Waals surface area contributed by atoms with E-state index in [1.54, 1.807) is 13.8 Å². The molecule has 132 valence electrons. The summed E-state index contributed by atoms with van der Waals surface area (Å²) in [5.74, 6) is -10.6. The Labute approximate surface area is 142 Å². The van der Waals surface area contributed by atoms with E-state index in [-0.39, 0.29) is 17.6 Å². The van der Waals surface area contributed by atoms with E-state index in [4.69, 9.17) is 11.6 Å². The summed E-state index contributed by atoms with van der Waals surface area (Å²) < 4.78 is 70.0. The number of nitrogens with zero attached hydrogens (tertiary/aromatic N) is 4. The van der Waals surface area contributed by atoms with Gasteiger partial charge in [-0.15, -0.1) is 0 Å². The van der Waals surface area contributed by atoms with Crippen LogP contribution in [-0.4, -0.2) is 25.6 Å². The lowest BCUT2D eigenvalue weighted by molar-refractivity contribution is 0.381. The highest BCUT2D eigenvalue weighted by Crippen LogP contribution is 2.39. The van der Waals surface area contributed by atoms with E-state index in [1.165, 1.54) is 0 Å². The molecule has 1 N–H and O–H groups in total. The van der Waals surface area contributed by atoms with Crippen molar-refractivity contribution in [3.8, 4) is 11.1 Å². The second-order valence-electron chi connectivity index (χ2n) is 5.34. The normalized spacial score (nSPS) is 11.6. The molecular formula is C14H9ClF5N5. The van der Waals surface area contributed by atoms with Gasteiger partial charge in [0.2, 0.25) is 5.82 Å². The molecule has 0 amide bonds. The van der Waals surface area contributed by atoms with Gasteiger partial charge in [-0.25, -0.2) is 22.0 Å². The average molecular weight is 378 g/mol. The molecule has 2 heterocycles. The van der Waals surface area contributed by atoms with Gasteiger partial charge in [0.25, 0.3) is 5.78 Å². The van der Waals surface area contributed by atoms with Crippen LogP contribution in [0.25, 0.3) is 16.9 Å². The topological polar surface area (TPSA) is 55.1 Å². The fourth-order valence-electron chi connectivity index (χ4n) is 2.27. The zero-order valence-electron chi connectivity index (χ0n) is 12.7. The lowest BCUT2D eigenvalue weighted by atomic mass is 10.0. The summed E-state index contributed by atoms with van der Waals surface area (Å²) in [6, 6.07) is -0.286. The maximum absolute atomic E-state index is 14.2. The van der Waals surface area contributed by atoms with Crippen LogP contribution < -0.4 is 5.32 Å². The molecule has 11 heteroatoms. The molecule has 0 saturated heterocycles. The predicted molar refractivity (Wildman–Crippen MR) is 79.8 cm³/mol. The third-order valence-electron chi connectivity index (χ3n) is 3.27. The van der Waals surface area contributed by atoms with Crippen molar-refractivity contribution in [3.63, 3.8) is 0 Å². The molecule has 25 heavy (non-hydrogen) atoms. The molecule has 0 atom stereocenters. The standard InChI is InChI=1S/C14H9ClF5N5/c1-4(2)23-13-6(12(15)24-14-21-3-22-25(13)14)5-7(16)9(18)11(20)10(19)8(5)17/h3-4,23H,1-2H3. The van der Waals surface area contributed by atoms with Crippen molar-refractivity contribution in [2.45, 2.75) is 19.9 Å². The van der Waals surface area contributed by atoms with Crippen LogP contribution >= 0.6 is 11.6 Å². The molecule has 5 nitrogen and oxygen atoms in total. The van der Waals surface area contributed by atoms with Crippen molar-refractivity contribution in [2.24, 2.45) is 0 Å². The van der Waals surface area contributed by atoms with Gasteiger partial charge in [0.05, 0.1) is 11.1 Å². The lowest BCUT2D eigenvalue weighted by Gasteiger charge is -2.18. The Morgan fingerprint density at radius 3 is 2.08 bits per heavy atom. The van der Waals surface area contributed by atoms with E-state index in [0.29, 0.717) is 0 Å². The van der Waals surface area contributed by atoms with E-state index in [9.17, 15) is 22.0 Å². The summed E-state index contributed by atoms with van der Waals surface area (Å²) in [5, 5.41) is 6.16. The summed E-state index contributed by atoms with van der Waals surface area (Å²) in [6.07, 6.45) is 1.10. The van der Waals surface area contributed by atoms with Crippen LogP contribution in [0.4, 0.5) is 27.8 Å². The Hall–Kier alpha value is -2.49. The Morgan fingerprint density at radius 1 is 0.960 bits per heavy atom. The maximum atomic E-state index is 14.2. The SMILES string of the molecule is CC(C)Nc1c(-c2c(F)c(F)c(F)c(F)c2F)c(Cl)nc2ncnn12. The van der Waals surface area contributed by atoms with Gasteiger partial charge in [-0.2, -0.15) is 19.6 Å². The second kappa shape index (κ2) is 6.10. The van der Waals surface area contributed by atoms with Gasteiger partial charge in [0.15, 0.2) is 23.3 Å². The third-order valence-corrected chi connectivity index (χ3v) is 3.54. The molecular weight excluding hydrogens is 369 g/mol. The fraction of sp³-hybridized carbons (Fsp3) is 0.214. The minimum Gasteiger partial charge on any atom is -0.367 e. The number of rotatable bonds is 3. The molecule has 0 aliphatic carbocycles. The Bertz CT molecular complexity index is 959. The molecule has 3 aromatic rings. The summed E-state index contributed by atoms with van der Waals surface area (Å²) in [7, 11) is 0. The molecule has 0 unspecified atom stereocenters. The van der Waals surface area contributed by atoms with Gasteiger partial charge < -0.3 is 5.32 Å². The molecule has 0 aliphatic rings. The Morgan fingerprint density at radius 2 is 1.52 bits per heavy atom. The van der Waals surface area contributed by atoms with Gasteiger partial charge in [0.1, 0.15) is 17.3 Å². The van der Waals surface area contributed by atoms with Crippen molar-refractivity contribution >= 4 is 23.2 Å². The number of benzene rings is 1. The first kappa shape index (κ1) is 17.3. The third kappa shape index (κ3) is 2.66. The second-order valence-corrected chi connectivity index (χ2v) is 5.70. The number of anilines is 1. The van der Waals surface area contributed by atoms with Crippen LogP contribution in [0, 0.1) is 29.1 Å². The van der Waals surface area contributed by atoms with Crippen molar-refractivity contribution in [3.05, 3.63) is 40.6 Å². The molecule has 0 saturated carbocycles. The molecule has 3 rings (SSSR count). The minimum absolute atomic E-state index is 0.0132. The summed E-state index contributed by atoms with van der Waals surface area (Å²) in [5.41, 5.74) is -1.71. The number of hydrogen-bond donors (Lipinski definition) is 1. The predicted octanol–water partition coefficient (Wildman–Crippen LogP) is 3.96. The summed E-state index contributed by atoms with van der Waals surface area (Å²) >= 11 is 5.97. The smallest absolute Gasteiger partial charge is 0.255 e. The fourth-order valence-corrected chi connectivity index (χ4v) is 2.53. The van der Waals surface area contributed by atoms with E-state index >= 15 is 0 Å². The Kier molecular flexibility index (Phi) is 4.23. The van der Waals surface area contributed by atoms with E-state index < -0.39 is 45.4 Å². The van der Waals surface area contributed by atoms with Gasteiger partial charge >= 0.3 is 0 Å². The highest BCUT2D eigenvalue weighted by molar-refractivity contribution is 6.33. The molecule has 0 radical (unpaired) electrons. The number of fused-ring (bicyclic) bond motifs is 1. The van der Waals surface area contributed by atoms with Gasteiger partial charge in [0, 0.05) is 6.04 Å². The summed E-state index contributed by atoms with van der Waals surface area (Å²) in [4.78, 5) is 7.58. The minimum atomic E-state index is -2.26. The first-order valence-electron chi connectivity index (χ1n) is 6.91. The number of halogens is 6. The largest absolute Gasteiger partial charge is 0.367 e. The van der Waals surface area contributed by atoms with Crippen LogP contribution in [0.15, 0.2) is 6.33 Å². The zero-order chi connectivity index (χ0) is 18.5. The average Bonchev–Trinajstić information content (AvgIpc) is 3.01. The molecule has 0 aliphatic heterocycles. The summed E-state index contributed by atoms with van der Waals surface area (Å²) in [6.45, 7) is 3.39. The quantitative estimate of drug-likeness (QED) is 0.325. The lowest BCUT2D eigenvalue weighted by Crippen LogP contribution is -2.16. The van der Waals surface area contributed by atoms with E-state index in [2.05, 4.69) is 20.4 Å². The molecule has 1 aromatic carbocycles. The molecule has 0 bridgehead atoms. The Balaban J connectivity index is 2.46. The van der Waals surface area contributed by atoms with E-state index in [1.807, 2.05) is 0 Å². The van der Waals surface area contributed by atoms with Crippen LogP contribution in [0.3, 0.4) is 0 Å². The molecule has 0 spiro atoms. The molecule has 2 aromatic heterocycles. The number of hydrogen-bond acceptors (Lipinski definition) is 4. The van der Waals surface area contributed by atoms with Crippen LogP contribution in [0.1, 0.15) is 13.8 Å². The zero-order valence-corrected chi connectivity index (χ0v) is 13.5. The van der Waals surface area contributed by atoms with E-state index in [0.717, 1.165) is 10.8 Å². The van der Waals surface area contributed by atoms with Gasteiger partial charge in [-0.05, 0) is 13.8 Å². The maximum Gasteiger partial charge on any atom is 0.255 e. The molecule has 0 fully saturated rings. The van der Waals surface area contributed by atoms with Crippen molar-refractivity contribution in [1.82, 2.24) is 19.6 Å². The highest BCUT2D eigenvalue weighted by Gasteiger charge is 2.31. The number of aromatic nitrogens is 4. The highest BCUT2D eigenvalue weighted by atomic mass is 35.5. The van der Waals surface area contributed by atoms with Gasteiger partial charge in [-0.3, -0.25) is 0 Å². The van der Waals surface area contributed by atoms with Crippen LogP contribution in [0.5, 0.6) is 0 Å². The van der Waals surface area contributed by atoms with Crippen molar-refractivity contribution < 1.29 is 22.0 Å². The monoisotopic (exact) mass is 377 g/mol.